The van der Waals surface area contributed by atoms with E-state index in [1.807, 2.05) is 0 Å². The van der Waals surface area contributed by atoms with E-state index in [9.17, 15) is 13.6 Å². The SMILES string of the molecule is O=C(NCc1ccco1)N(Cc1ccc(F)cc1F)C1CC1. The van der Waals surface area contributed by atoms with Crippen LogP contribution in [0.5, 0.6) is 0 Å². The van der Waals surface area contributed by atoms with E-state index in [0.717, 1.165) is 18.9 Å². The smallest absolute Gasteiger partial charge is 0.318 e. The van der Waals surface area contributed by atoms with Gasteiger partial charge in [-0.05, 0) is 31.0 Å². The van der Waals surface area contributed by atoms with E-state index >= 15 is 0 Å². The van der Waals surface area contributed by atoms with Gasteiger partial charge in [-0.25, -0.2) is 13.6 Å². The van der Waals surface area contributed by atoms with Gasteiger partial charge in [0.1, 0.15) is 17.4 Å². The molecule has 1 N–H and O–H groups in total. The number of amides is 2. The summed E-state index contributed by atoms with van der Waals surface area (Å²) >= 11 is 0. The molecule has 2 amide bonds. The molecule has 4 nitrogen and oxygen atoms in total. The zero-order chi connectivity index (χ0) is 15.5. The van der Waals surface area contributed by atoms with Gasteiger partial charge in [0.15, 0.2) is 0 Å². The molecule has 3 rings (SSSR count). The van der Waals surface area contributed by atoms with Gasteiger partial charge < -0.3 is 14.6 Å². The van der Waals surface area contributed by atoms with Gasteiger partial charge in [0.05, 0.1) is 19.4 Å². The summed E-state index contributed by atoms with van der Waals surface area (Å²) in [5, 5.41) is 2.75. The van der Waals surface area contributed by atoms with Crippen molar-refractivity contribution in [3.8, 4) is 0 Å². The highest BCUT2D eigenvalue weighted by Gasteiger charge is 2.33. The molecule has 1 aromatic carbocycles. The second-order valence-electron chi connectivity index (χ2n) is 5.33. The number of rotatable bonds is 5. The Kier molecular flexibility index (Phi) is 4.09. The Bertz CT molecular complexity index is 654. The van der Waals surface area contributed by atoms with Crippen molar-refractivity contribution in [3.63, 3.8) is 0 Å². The van der Waals surface area contributed by atoms with Crippen LogP contribution in [0.3, 0.4) is 0 Å². The van der Waals surface area contributed by atoms with Gasteiger partial charge in [-0.2, -0.15) is 0 Å². The first kappa shape index (κ1) is 14.6. The number of benzene rings is 1. The molecule has 1 heterocycles. The molecule has 0 aliphatic heterocycles. The van der Waals surface area contributed by atoms with Crippen LogP contribution in [-0.4, -0.2) is 17.0 Å². The monoisotopic (exact) mass is 306 g/mol. The summed E-state index contributed by atoms with van der Waals surface area (Å²) < 4.78 is 31.9. The molecule has 1 saturated carbocycles. The van der Waals surface area contributed by atoms with Crippen molar-refractivity contribution in [1.82, 2.24) is 10.2 Å². The van der Waals surface area contributed by atoms with E-state index < -0.39 is 11.6 Å². The second kappa shape index (κ2) is 6.17. The molecular weight excluding hydrogens is 290 g/mol. The van der Waals surface area contributed by atoms with E-state index in [0.29, 0.717) is 11.3 Å². The van der Waals surface area contributed by atoms with Crippen molar-refractivity contribution in [2.45, 2.75) is 32.0 Å². The lowest BCUT2D eigenvalue weighted by molar-refractivity contribution is 0.190. The maximum atomic E-state index is 13.8. The molecule has 1 aromatic heterocycles. The topological polar surface area (TPSA) is 45.5 Å². The maximum absolute atomic E-state index is 13.8. The standard InChI is InChI=1S/C16H16F2N2O2/c17-12-4-3-11(15(18)8-12)10-20(13-5-6-13)16(21)19-9-14-2-1-7-22-14/h1-4,7-8,13H,5-6,9-10H2,(H,19,21). The van der Waals surface area contributed by atoms with E-state index in [1.54, 1.807) is 17.0 Å². The summed E-state index contributed by atoms with van der Waals surface area (Å²) in [7, 11) is 0. The number of carbonyl (C=O) groups excluding carboxylic acids is 1. The first-order chi connectivity index (χ1) is 10.6. The molecule has 0 bridgehead atoms. The number of nitrogens with one attached hydrogen (secondary N) is 1. The van der Waals surface area contributed by atoms with Crippen molar-refractivity contribution < 1.29 is 18.0 Å². The minimum atomic E-state index is -0.635. The summed E-state index contributed by atoms with van der Waals surface area (Å²) in [6, 6.07) is 6.75. The van der Waals surface area contributed by atoms with Gasteiger partial charge in [-0.3, -0.25) is 0 Å². The van der Waals surface area contributed by atoms with Crippen LogP contribution < -0.4 is 5.32 Å². The fraction of sp³-hybridized carbons (Fsp3) is 0.312. The largest absolute Gasteiger partial charge is 0.467 e. The zero-order valence-corrected chi connectivity index (χ0v) is 11.9. The molecule has 2 aromatic rings. The average Bonchev–Trinajstić information content (AvgIpc) is 3.19. The maximum Gasteiger partial charge on any atom is 0.318 e. The van der Waals surface area contributed by atoms with E-state index in [4.69, 9.17) is 4.42 Å². The van der Waals surface area contributed by atoms with Crippen LogP contribution in [0.15, 0.2) is 41.0 Å². The highest BCUT2D eigenvalue weighted by Crippen LogP contribution is 2.29. The Morgan fingerprint density at radius 3 is 2.77 bits per heavy atom. The molecular formula is C16H16F2N2O2. The number of hydrogen-bond donors (Lipinski definition) is 1. The summed E-state index contributed by atoms with van der Waals surface area (Å²) in [4.78, 5) is 13.9. The second-order valence-corrected chi connectivity index (χ2v) is 5.33. The Balaban J connectivity index is 1.65. The molecule has 1 aliphatic rings. The molecule has 116 valence electrons. The molecule has 1 fully saturated rings. The van der Waals surface area contributed by atoms with Gasteiger partial charge in [-0.1, -0.05) is 6.07 Å². The van der Waals surface area contributed by atoms with E-state index in [2.05, 4.69) is 5.32 Å². The zero-order valence-electron chi connectivity index (χ0n) is 11.9. The molecule has 0 spiro atoms. The van der Waals surface area contributed by atoms with Gasteiger partial charge in [0.25, 0.3) is 0 Å². The normalized spacial score (nSPS) is 13.9. The van der Waals surface area contributed by atoms with Crippen molar-refractivity contribution in [3.05, 3.63) is 59.6 Å². The lowest BCUT2D eigenvalue weighted by Crippen LogP contribution is -2.40. The average molecular weight is 306 g/mol. The van der Waals surface area contributed by atoms with Crippen LogP contribution in [0.1, 0.15) is 24.2 Å². The molecule has 0 radical (unpaired) electrons. The summed E-state index contributed by atoms with van der Waals surface area (Å²) in [5.74, 6) is -0.608. The van der Waals surface area contributed by atoms with Crippen LogP contribution >= 0.6 is 0 Å². The van der Waals surface area contributed by atoms with Crippen molar-refractivity contribution in [2.75, 3.05) is 0 Å². The Labute approximate surface area is 126 Å². The number of carbonyl (C=O) groups is 1. The number of urea groups is 1. The van der Waals surface area contributed by atoms with E-state index in [-0.39, 0.29) is 25.2 Å². The van der Waals surface area contributed by atoms with Crippen LogP contribution in [-0.2, 0) is 13.1 Å². The van der Waals surface area contributed by atoms with Crippen LogP contribution in [0.4, 0.5) is 13.6 Å². The van der Waals surface area contributed by atoms with Crippen LogP contribution in [0, 0.1) is 11.6 Å². The van der Waals surface area contributed by atoms with Crippen LogP contribution in [0.2, 0.25) is 0 Å². The third kappa shape index (κ3) is 3.44. The number of nitrogens with zero attached hydrogens (tertiary/aromatic N) is 1. The fourth-order valence-corrected chi connectivity index (χ4v) is 2.26. The first-order valence-electron chi connectivity index (χ1n) is 7.14. The Morgan fingerprint density at radius 2 is 2.14 bits per heavy atom. The van der Waals surface area contributed by atoms with Crippen molar-refractivity contribution in [1.29, 1.82) is 0 Å². The molecule has 6 heteroatoms. The quantitative estimate of drug-likeness (QED) is 0.920. The molecule has 0 atom stereocenters. The summed E-state index contributed by atoms with van der Waals surface area (Å²) in [6.07, 6.45) is 3.34. The summed E-state index contributed by atoms with van der Waals surface area (Å²) in [5.41, 5.74) is 0.307. The minimum absolute atomic E-state index is 0.112. The number of halogens is 2. The minimum Gasteiger partial charge on any atom is -0.467 e. The summed E-state index contributed by atoms with van der Waals surface area (Å²) in [6.45, 7) is 0.404. The van der Waals surface area contributed by atoms with Crippen molar-refractivity contribution in [2.24, 2.45) is 0 Å². The predicted molar refractivity (Wildman–Crippen MR) is 75.9 cm³/mol. The van der Waals surface area contributed by atoms with Gasteiger partial charge in [-0.15, -0.1) is 0 Å². The van der Waals surface area contributed by atoms with Gasteiger partial charge in [0.2, 0.25) is 0 Å². The third-order valence-corrected chi connectivity index (χ3v) is 3.60. The molecule has 1 aliphatic carbocycles. The Hall–Kier alpha value is -2.37. The first-order valence-corrected chi connectivity index (χ1v) is 7.14. The molecule has 0 saturated heterocycles. The van der Waals surface area contributed by atoms with Gasteiger partial charge in [0, 0.05) is 17.7 Å². The highest BCUT2D eigenvalue weighted by molar-refractivity contribution is 5.74. The third-order valence-electron chi connectivity index (χ3n) is 3.60. The lowest BCUT2D eigenvalue weighted by atomic mass is 10.2. The number of furan rings is 1. The Morgan fingerprint density at radius 1 is 1.32 bits per heavy atom. The lowest BCUT2D eigenvalue weighted by Gasteiger charge is -2.23. The van der Waals surface area contributed by atoms with Gasteiger partial charge >= 0.3 is 6.03 Å². The fourth-order valence-electron chi connectivity index (χ4n) is 2.26. The van der Waals surface area contributed by atoms with Crippen molar-refractivity contribution >= 4 is 6.03 Å². The predicted octanol–water partition coefficient (Wildman–Crippen LogP) is 3.43. The number of hydrogen-bond acceptors (Lipinski definition) is 2. The van der Waals surface area contributed by atoms with E-state index in [1.165, 1.54) is 18.4 Å². The van der Waals surface area contributed by atoms with Crippen LogP contribution in [0.25, 0.3) is 0 Å². The molecule has 22 heavy (non-hydrogen) atoms. The molecule has 0 unspecified atom stereocenters. The highest BCUT2D eigenvalue weighted by atomic mass is 19.1.